The predicted molar refractivity (Wildman–Crippen MR) is 115 cm³/mol. The smallest absolute Gasteiger partial charge is 0.193 e. The molecule has 2 aromatic rings. The van der Waals surface area contributed by atoms with Crippen LogP contribution in [0.25, 0.3) is 0 Å². The highest BCUT2D eigenvalue weighted by atomic mass is 127. The molecule has 1 aromatic carbocycles. The molecule has 26 heavy (non-hydrogen) atoms. The topological polar surface area (TPSA) is 54.7 Å². The molecule has 0 aliphatic carbocycles. The maximum absolute atomic E-state index is 5.57. The van der Waals surface area contributed by atoms with Crippen molar-refractivity contribution in [3.63, 3.8) is 0 Å². The van der Waals surface area contributed by atoms with Gasteiger partial charge in [0.1, 0.15) is 5.75 Å². The number of nitrogens with one attached hydrogen (secondary N) is 1. The number of hydrogen-bond donors (Lipinski definition) is 1. The van der Waals surface area contributed by atoms with Gasteiger partial charge in [-0.1, -0.05) is 12.1 Å². The molecule has 1 N–H and O–H groups in total. The monoisotopic (exact) mass is 469 g/mol. The number of aromatic nitrogens is 2. The van der Waals surface area contributed by atoms with Crippen LogP contribution in [0.15, 0.2) is 41.7 Å². The molecular formula is C19H28IN5O. The Bertz CT molecular complexity index is 730. The van der Waals surface area contributed by atoms with Gasteiger partial charge in [-0.3, -0.25) is 9.67 Å². The lowest BCUT2D eigenvalue weighted by Gasteiger charge is -2.21. The summed E-state index contributed by atoms with van der Waals surface area (Å²) in [4.78, 5) is 6.78. The van der Waals surface area contributed by atoms with E-state index in [9.17, 15) is 0 Å². The number of likely N-dealkylation sites (tertiary alicyclic amines) is 1. The van der Waals surface area contributed by atoms with E-state index in [0.29, 0.717) is 12.5 Å². The van der Waals surface area contributed by atoms with Crippen LogP contribution in [0.4, 0.5) is 0 Å². The molecule has 0 bridgehead atoms. The number of halogens is 1. The highest BCUT2D eigenvalue weighted by molar-refractivity contribution is 14.0. The molecule has 1 atom stereocenters. The molecule has 1 aromatic heterocycles. The average molecular weight is 469 g/mol. The summed E-state index contributed by atoms with van der Waals surface area (Å²) >= 11 is 0. The lowest BCUT2D eigenvalue weighted by molar-refractivity contribution is 0.340. The first-order valence-corrected chi connectivity index (χ1v) is 8.85. The van der Waals surface area contributed by atoms with Gasteiger partial charge < -0.3 is 15.0 Å². The van der Waals surface area contributed by atoms with Crippen LogP contribution in [0.1, 0.15) is 30.4 Å². The zero-order valence-electron chi connectivity index (χ0n) is 15.7. The van der Waals surface area contributed by atoms with Gasteiger partial charge in [0, 0.05) is 45.8 Å². The molecule has 1 unspecified atom stereocenters. The Morgan fingerprint density at radius 1 is 1.42 bits per heavy atom. The van der Waals surface area contributed by atoms with Crippen LogP contribution in [0.2, 0.25) is 0 Å². The minimum Gasteiger partial charge on any atom is -0.494 e. The predicted octanol–water partition coefficient (Wildman–Crippen LogP) is 3.00. The summed E-state index contributed by atoms with van der Waals surface area (Å²) in [5, 5.41) is 7.76. The van der Waals surface area contributed by atoms with Gasteiger partial charge in [0.2, 0.25) is 0 Å². The number of benzene rings is 1. The molecule has 2 heterocycles. The van der Waals surface area contributed by atoms with E-state index in [1.807, 2.05) is 44.0 Å². The molecule has 1 aliphatic heterocycles. The number of ether oxygens (including phenoxy) is 1. The van der Waals surface area contributed by atoms with E-state index < -0.39 is 0 Å². The first-order valence-electron chi connectivity index (χ1n) is 8.85. The van der Waals surface area contributed by atoms with Crippen molar-refractivity contribution in [3.8, 4) is 5.75 Å². The van der Waals surface area contributed by atoms with Crippen molar-refractivity contribution < 1.29 is 4.74 Å². The average Bonchev–Trinajstić information content (AvgIpc) is 3.25. The van der Waals surface area contributed by atoms with E-state index in [1.54, 1.807) is 0 Å². The molecule has 0 saturated carbocycles. The van der Waals surface area contributed by atoms with Gasteiger partial charge in [-0.05, 0) is 36.6 Å². The minimum absolute atomic E-state index is 0. The summed E-state index contributed by atoms with van der Waals surface area (Å²) in [5.41, 5.74) is 2.50. The second-order valence-electron chi connectivity index (χ2n) is 6.36. The summed E-state index contributed by atoms with van der Waals surface area (Å²) in [6, 6.07) is 8.19. The fourth-order valence-electron chi connectivity index (χ4n) is 3.30. The normalized spacial score (nSPS) is 17.1. The lowest BCUT2D eigenvalue weighted by atomic mass is 10.0. The van der Waals surface area contributed by atoms with Crippen LogP contribution < -0.4 is 10.1 Å². The maximum Gasteiger partial charge on any atom is 0.193 e. The number of rotatable bonds is 5. The largest absolute Gasteiger partial charge is 0.494 e. The highest BCUT2D eigenvalue weighted by Crippen LogP contribution is 2.26. The number of guanidine groups is 1. The van der Waals surface area contributed by atoms with E-state index in [-0.39, 0.29) is 24.0 Å². The van der Waals surface area contributed by atoms with E-state index in [1.165, 1.54) is 11.1 Å². The Morgan fingerprint density at radius 2 is 2.27 bits per heavy atom. The van der Waals surface area contributed by atoms with Crippen LogP contribution in [-0.4, -0.2) is 47.4 Å². The third-order valence-corrected chi connectivity index (χ3v) is 4.56. The number of hydrogen-bond acceptors (Lipinski definition) is 3. The summed E-state index contributed by atoms with van der Waals surface area (Å²) in [5.74, 6) is 2.39. The number of nitrogens with zero attached hydrogens (tertiary/aromatic N) is 4. The molecule has 0 amide bonds. The summed E-state index contributed by atoms with van der Waals surface area (Å²) < 4.78 is 7.44. The van der Waals surface area contributed by atoms with Crippen LogP contribution in [-0.2, 0) is 13.6 Å². The van der Waals surface area contributed by atoms with Crippen molar-refractivity contribution in [2.45, 2.75) is 25.8 Å². The van der Waals surface area contributed by atoms with Gasteiger partial charge in [-0.2, -0.15) is 5.10 Å². The molecule has 3 rings (SSSR count). The summed E-state index contributed by atoms with van der Waals surface area (Å²) in [6.07, 6.45) is 5.22. The Labute approximate surface area is 172 Å². The zero-order chi connectivity index (χ0) is 17.6. The third-order valence-electron chi connectivity index (χ3n) is 4.56. The van der Waals surface area contributed by atoms with Crippen molar-refractivity contribution >= 4 is 29.9 Å². The number of aliphatic imine (C=N–C) groups is 1. The van der Waals surface area contributed by atoms with Gasteiger partial charge >= 0.3 is 0 Å². The van der Waals surface area contributed by atoms with Crippen molar-refractivity contribution in [3.05, 3.63) is 47.8 Å². The Morgan fingerprint density at radius 3 is 2.96 bits per heavy atom. The molecule has 7 heteroatoms. The van der Waals surface area contributed by atoms with Gasteiger partial charge in [0.25, 0.3) is 0 Å². The van der Waals surface area contributed by atoms with Crippen LogP contribution >= 0.6 is 24.0 Å². The summed E-state index contributed by atoms with van der Waals surface area (Å²) in [7, 11) is 3.81. The molecule has 0 radical (unpaired) electrons. The molecule has 0 spiro atoms. The maximum atomic E-state index is 5.57. The van der Waals surface area contributed by atoms with Gasteiger partial charge in [0.15, 0.2) is 5.96 Å². The SMILES string of the molecule is CCOc1cccc(CNC(=NC)N2CCC(c3cnn(C)c3)C2)c1.I. The first kappa shape index (κ1) is 20.5. The molecule has 1 fully saturated rings. The molecular weight excluding hydrogens is 441 g/mol. The van der Waals surface area contributed by atoms with Gasteiger partial charge in [-0.25, -0.2) is 0 Å². The quantitative estimate of drug-likeness (QED) is 0.416. The fraction of sp³-hybridized carbons (Fsp3) is 0.474. The van der Waals surface area contributed by atoms with E-state index >= 15 is 0 Å². The van der Waals surface area contributed by atoms with Crippen LogP contribution in [0.3, 0.4) is 0 Å². The molecule has 1 saturated heterocycles. The van der Waals surface area contributed by atoms with Gasteiger partial charge in [0.05, 0.1) is 12.8 Å². The van der Waals surface area contributed by atoms with E-state index in [0.717, 1.165) is 37.8 Å². The van der Waals surface area contributed by atoms with Crippen molar-refractivity contribution in [2.24, 2.45) is 12.0 Å². The fourth-order valence-corrected chi connectivity index (χ4v) is 3.30. The van der Waals surface area contributed by atoms with Crippen molar-refractivity contribution in [2.75, 3.05) is 26.7 Å². The van der Waals surface area contributed by atoms with Gasteiger partial charge in [-0.15, -0.1) is 24.0 Å². The second kappa shape index (κ2) is 9.80. The van der Waals surface area contributed by atoms with Crippen molar-refractivity contribution in [1.82, 2.24) is 20.0 Å². The summed E-state index contributed by atoms with van der Waals surface area (Å²) in [6.45, 7) is 5.41. The van der Waals surface area contributed by atoms with Crippen LogP contribution in [0.5, 0.6) is 5.75 Å². The Hall–Kier alpha value is -1.77. The number of aryl methyl sites for hydroxylation is 1. The van der Waals surface area contributed by atoms with Crippen molar-refractivity contribution in [1.29, 1.82) is 0 Å². The third kappa shape index (κ3) is 5.12. The molecule has 6 nitrogen and oxygen atoms in total. The Balaban J connectivity index is 0.00000243. The minimum atomic E-state index is 0. The zero-order valence-corrected chi connectivity index (χ0v) is 18.0. The lowest BCUT2D eigenvalue weighted by Crippen LogP contribution is -2.39. The standard InChI is InChI=1S/C19H27N5O.HI/c1-4-25-18-7-5-6-15(10-18)11-21-19(20-2)24-9-8-16(14-24)17-12-22-23(3)13-17;/h5-7,10,12-13,16H,4,8-9,11,14H2,1-3H3,(H,20,21);1H. The molecule has 1 aliphatic rings. The van der Waals surface area contributed by atoms with E-state index in [4.69, 9.17) is 4.74 Å². The van der Waals surface area contributed by atoms with E-state index in [2.05, 4.69) is 38.6 Å². The second-order valence-corrected chi connectivity index (χ2v) is 6.36. The molecule has 142 valence electrons. The van der Waals surface area contributed by atoms with Crippen LogP contribution in [0, 0.1) is 0 Å². The first-order chi connectivity index (χ1) is 12.2. The highest BCUT2D eigenvalue weighted by Gasteiger charge is 2.26. The Kier molecular flexibility index (Phi) is 7.74.